The summed E-state index contributed by atoms with van der Waals surface area (Å²) in [5, 5.41) is 4.93. The fraction of sp³-hybridized carbons (Fsp3) is 0.261. The molecule has 0 aliphatic heterocycles. The number of rotatable bonds is 6. The lowest BCUT2D eigenvalue weighted by atomic mass is 9.96. The molecule has 0 aliphatic rings. The number of amides is 1. The molecule has 0 fully saturated rings. The molecule has 1 atom stereocenters. The summed E-state index contributed by atoms with van der Waals surface area (Å²) in [4.78, 5) is 13.0. The minimum atomic E-state index is -3.58. The van der Waals surface area contributed by atoms with Crippen molar-refractivity contribution in [3.63, 3.8) is 0 Å². The Balaban J connectivity index is 1.86. The SMILES string of the molecule is COc1ccc2cc(C(C)C(=O)Nc3cc(S(=O)(=O)N(C)C)ccc3C)ccc2c1. The number of anilines is 1. The summed E-state index contributed by atoms with van der Waals surface area (Å²) >= 11 is 0. The number of methoxy groups -OCH3 is 1. The Bertz CT molecular complexity index is 1200. The van der Waals surface area contributed by atoms with Crippen molar-refractivity contribution in [2.24, 2.45) is 0 Å². The lowest BCUT2D eigenvalue weighted by Crippen LogP contribution is -2.23. The monoisotopic (exact) mass is 426 g/mol. The fourth-order valence-corrected chi connectivity index (χ4v) is 4.07. The van der Waals surface area contributed by atoms with E-state index >= 15 is 0 Å². The third-order valence-electron chi connectivity index (χ3n) is 5.21. The van der Waals surface area contributed by atoms with E-state index in [9.17, 15) is 13.2 Å². The van der Waals surface area contributed by atoms with E-state index in [0.29, 0.717) is 5.69 Å². The molecule has 0 radical (unpaired) electrons. The average molecular weight is 427 g/mol. The first-order chi connectivity index (χ1) is 14.1. The maximum absolute atomic E-state index is 12.9. The van der Waals surface area contributed by atoms with Crippen molar-refractivity contribution >= 4 is 32.4 Å². The summed E-state index contributed by atoms with van der Waals surface area (Å²) in [6.45, 7) is 3.66. The Labute approximate surface area is 177 Å². The maximum Gasteiger partial charge on any atom is 0.242 e. The van der Waals surface area contributed by atoms with Crippen LogP contribution >= 0.6 is 0 Å². The number of nitrogens with one attached hydrogen (secondary N) is 1. The maximum atomic E-state index is 12.9. The van der Waals surface area contributed by atoms with Gasteiger partial charge in [0.1, 0.15) is 5.75 Å². The number of hydrogen-bond donors (Lipinski definition) is 1. The van der Waals surface area contributed by atoms with Crippen LogP contribution in [0.3, 0.4) is 0 Å². The summed E-state index contributed by atoms with van der Waals surface area (Å²) in [6.07, 6.45) is 0. The molecule has 3 rings (SSSR count). The van der Waals surface area contributed by atoms with Crippen molar-refractivity contribution in [1.29, 1.82) is 0 Å². The molecule has 0 aromatic heterocycles. The van der Waals surface area contributed by atoms with Crippen molar-refractivity contribution < 1.29 is 17.9 Å². The van der Waals surface area contributed by atoms with Gasteiger partial charge in [0, 0.05) is 19.8 Å². The van der Waals surface area contributed by atoms with Crippen LogP contribution < -0.4 is 10.1 Å². The summed E-state index contributed by atoms with van der Waals surface area (Å²) in [5.74, 6) is 0.166. The standard InChI is InChI=1S/C23H26N2O4S/c1-15-6-11-21(30(27,28)25(3)4)14-22(15)24-23(26)16(2)17-7-8-19-13-20(29-5)10-9-18(19)12-17/h6-14,16H,1-5H3,(H,24,26). The second kappa shape index (κ2) is 8.45. The van der Waals surface area contributed by atoms with Crippen LogP contribution in [0.15, 0.2) is 59.5 Å². The summed E-state index contributed by atoms with van der Waals surface area (Å²) in [7, 11) is 0.999. The van der Waals surface area contributed by atoms with Gasteiger partial charge in [-0.05, 0) is 60.0 Å². The molecular weight excluding hydrogens is 400 g/mol. The number of carbonyl (C=O) groups is 1. The lowest BCUT2D eigenvalue weighted by Gasteiger charge is -2.17. The normalized spacial score (nSPS) is 12.7. The van der Waals surface area contributed by atoms with E-state index < -0.39 is 15.9 Å². The molecule has 6 nitrogen and oxygen atoms in total. The van der Waals surface area contributed by atoms with Crippen molar-refractivity contribution in [3.8, 4) is 5.75 Å². The van der Waals surface area contributed by atoms with E-state index in [-0.39, 0.29) is 10.8 Å². The van der Waals surface area contributed by atoms with Gasteiger partial charge in [0.05, 0.1) is 17.9 Å². The number of sulfonamides is 1. The van der Waals surface area contributed by atoms with Crippen molar-refractivity contribution in [1.82, 2.24) is 4.31 Å². The summed E-state index contributed by atoms with van der Waals surface area (Å²) in [6, 6.07) is 16.4. The van der Waals surface area contributed by atoms with E-state index in [0.717, 1.165) is 32.0 Å². The third kappa shape index (κ3) is 4.32. The van der Waals surface area contributed by atoms with Gasteiger partial charge in [-0.2, -0.15) is 0 Å². The molecule has 0 spiro atoms. The Hall–Kier alpha value is -2.90. The van der Waals surface area contributed by atoms with Gasteiger partial charge in [-0.1, -0.05) is 30.3 Å². The predicted molar refractivity (Wildman–Crippen MR) is 120 cm³/mol. The van der Waals surface area contributed by atoms with Crippen LogP contribution in [0.1, 0.15) is 24.0 Å². The zero-order valence-electron chi connectivity index (χ0n) is 17.8. The smallest absolute Gasteiger partial charge is 0.242 e. The Morgan fingerprint density at radius 3 is 2.33 bits per heavy atom. The van der Waals surface area contributed by atoms with Crippen LogP contribution in [-0.2, 0) is 14.8 Å². The number of nitrogens with zero attached hydrogens (tertiary/aromatic N) is 1. The molecule has 3 aromatic rings. The van der Waals surface area contributed by atoms with Crippen LogP contribution in [0.2, 0.25) is 0 Å². The molecule has 3 aromatic carbocycles. The van der Waals surface area contributed by atoms with Crippen LogP contribution in [0.5, 0.6) is 5.75 Å². The Kier molecular flexibility index (Phi) is 6.14. The van der Waals surface area contributed by atoms with Gasteiger partial charge >= 0.3 is 0 Å². The van der Waals surface area contributed by atoms with Gasteiger partial charge in [0.2, 0.25) is 15.9 Å². The third-order valence-corrected chi connectivity index (χ3v) is 7.02. The number of ether oxygens (including phenoxy) is 1. The zero-order valence-corrected chi connectivity index (χ0v) is 18.6. The molecule has 0 heterocycles. The first kappa shape index (κ1) is 21.8. The molecule has 7 heteroatoms. The molecule has 1 N–H and O–H groups in total. The summed E-state index contributed by atoms with van der Waals surface area (Å²) in [5.41, 5.74) is 2.15. The van der Waals surface area contributed by atoms with Gasteiger partial charge in [-0.15, -0.1) is 0 Å². The molecule has 0 saturated heterocycles. The van der Waals surface area contributed by atoms with Crippen LogP contribution in [0.25, 0.3) is 10.8 Å². The first-order valence-electron chi connectivity index (χ1n) is 9.55. The molecule has 1 unspecified atom stereocenters. The van der Waals surface area contributed by atoms with E-state index in [2.05, 4.69) is 5.32 Å². The quantitative estimate of drug-likeness (QED) is 0.642. The topological polar surface area (TPSA) is 75.7 Å². The second-order valence-corrected chi connectivity index (χ2v) is 9.60. The highest BCUT2D eigenvalue weighted by atomic mass is 32.2. The molecule has 0 saturated carbocycles. The predicted octanol–water partition coefficient (Wildman–Crippen LogP) is 4.15. The molecular formula is C23H26N2O4S. The Morgan fingerprint density at radius 1 is 1.00 bits per heavy atom. The van der Waals surface area contributed by atoms with Crippen molar-refractivity contribution in [2.75, 3.05) is 26.5 Å². The van der Waals surface area contributed by atoms with Gasteiger partial charge < -0.3 is 10.1 Å². The molecule has 0 bridgehead atoms. The fourth-order valence-electron chi connectivity index (χ4n) is 3.14. The largest absolute Gasteiger partial charge is 0.497 e. The highest BCUT2D eigenvalue weighted by molar-refractivity contribution is 7.89. The van der Waals surface area contributed by atoms with Gasteiger partial charge in [-0.3, -0.25) is 4.79 Å². The number of carbonyl (C=O) groups excluding carboxylic acids is 1. The number of fused-ring (bicyclic) bond motifs is 1. The lowest BCUT2D eigenvalue weighted by molar-refractivity contribution is -0.117. The molecule has 158 valence electrons. The average Bonchev–Trinajstić information content (AvgIpc) is 2.73. The van der Waals surface area contributed by atoms with Crippen LogP contribution in [0, 0.1) is 6.92 Å². The highest BCUT2D eigenvalue weighted by Gasteiger charge is 2.21. The highest BCUT2D eigenvalue weighted by Crippen LogP contribution is 2.27. The van der Waals surface area contributed by atoms with Gasteiger partial charge in [-0.25, -0.2) is 12.7 Å². The number of benzene rings is 3. The minimum Gasteiger partial charge on any atom is -0.497 e. The van der Waals surface area contributed by atoms with Gasteiger partial charge in [0.15, 0.2) is 0 Å². The van der Waals surface area contributed by atoms with Crippen LogP contribution in [0.4, 0.5) is 5.69 Å². The van der Waals surface area contributed by atoms with E-state index in [4.69, 9.17) is 4.74 Å². The zero-order chi connectivity index (χ0) is 22.1. The molecule has 0 aliphatic carbocycles. The van der Waals surface area contributed by atoms with Crippen LogP contribution in [-0.4, -0.2) is 39.8 Å². The Morgan fingerprint density at radius 2 is 1.67 bits per heavy atom. The van der Waals surface area contributed by atoms with Crippen molar-refractivity contribution in [3.05, 3.63) is 65.7 Å². The second-order valence-electron chi connectivity index (χ2n) is 7.45. The number of aryl methyl sites for hydroxylation is 1. The molecule has 30 heavy (non-hydrogen) atoms. The minimum absolute atomic E-state index is 0.140. The van der Waals surface area contributed by atoms with E-state index in [1.165, 1.54) is 20.2 Å². The molecule has 1 amide bonds. The number of hydrogen-bond acceptors (Lipinski definition) is 4. The summed E-state index contributed by atoms with van der Waals surface area (Å²) < 4.78 is 31.2. The first-order valence-corrected chi connectivity index (χ1v) is 11.0. The van der Waals surface area contributed by atoms with Gasteiger partial charge in [0.25, 0.3) is 0 Å². The van der Waals surface area contributed by atoms with Crippen molar-refractivity contribution in [2.45, 2.75) is 24.7 Å². The van der Waals surface area contributed by atoms with E-state index in [1.807, 2.05) is 50.2 Å². The van der Waals surface area contributed by atoms with E-state index in [1.54, 1.807) is 19.2 Å².